The van der Waals surface area contributed by atoms with E-state index in [1.165, 1.54) is 0 Å². The van der Waals surface area contributed by atoms with Crippen molar-refractivity contribution in [2.75, 3.05) is 26.7 Å². The number of benzene rings is 2. The number of aromatic nitrogens is 2. The lowest BCUT2D eigenvalue weighted by Crippen LogP contribution is -2.42. The van der Waals surface area contributed by atoms with Crippen molar-refractivity contribution in [3.05, 3.63) is 65.5 Å². The zero-order chi connectivity index (χ0) is 25.6. The Bertz CT molecular complexity index is 1230. The summed E-state index contributed by atoms with van der Waals surface area (Å²) in [5.74, 6) is 2.06. The summed E-state index contributed by atoms with van der Waals surface area (Å²) < 4.78 is 10.7. The highest BCUT2D eigenvalue weighted by atomic mass is 16.5. The topological polar surface area (TPSA) is 101 Å². The van der Waals surface area contributed by atoms with Gasteiger partial charge < -0.3 is 19.5 Å². The average molecular weight is 504 g/mol. The van der Waals surface area contributed by atoms with E-state index in [1.807, 2.05) is 47.4 Å². The molecular formula is C28H33N5O4. The van der Waals surface area contributed by atoms with Crippen LogP contribution in [-0.4, -0.2) is 58.5 Å². The Morgan fingerprint density at radius 1 is 1.11 bits per heavy atom. The highest BCUT2D eigenvalue weighted by molar-refractivity contribution is 5.79. The fraction of sp³-hybridized carbons (Fsp3) is 0.429. The summed E-state index contributed by atoms with van der Waals surface area (Å²) in [4.78, 5) is 33.5. The summed E-state index contributed by atoms with van der Waals surface area (Å²) in [7, 11) is 1.63. The smallest absolute Gasteiger partial charge is 0.241 e. The normalized spacial score (nSPS) is 18.2. The van der Waals surface area contributed by atoms with Gasteiger partial charge in [-0.05, 0) is 61.2 Å². The first kappa shape index (κ1) is 25.0. The molecule has 0 spiro atoms. The highest BCUT2D eigenvalue weighted by Crippen LogP contribution is 2.22. The predicted octanol–water partition coefficient (Wildman–Crippen LogP) is 3.40. The van der Waals surface area contributed by atoms with Crippen molar-refractivity contribution in [2.24, 2.45) is 5.92 Å². The number of likely N-dealkylation sites (tertiary alicyclic amines) is 2. The number of ether oxygens (including phenoxy) is 1. The lowest BCUT2D eigenvalue weighted by atomic mass is 9.97. The van der Waals surface area contributed by atoms with Crippen LogP contribution >= 0.6 is 0 Å². The molecule has 2 aromatic carbocycles. The minimum absolute atomic E-state index is 0.0641. The molecule has 1 atom stereocenters. The molecule has 2 amide bonds. The molecule has 0 bridgehead atoms. The summed E-state index contributed by atoms with van der Waals surface area (Å²) in [6, 6.07) is 15.6. The van der Waals surface area contributed by atoms with E-state index in [2.05, 4.69) is 26.4 Å². The molecule has 2 fully saturated rings. The molecule has 3 heterocycles. The van der Waals surface area contributed by atoms with Crippen molar-refractivity contribution in [1.82, 2.24) is 25.3 Å². The van der Waals surface area contributed by atoms with Crippen molar-refractivity contribution < 1.29 is 18.8 Å². The van der Waals surface area contributed by atoms with Gasteiger partial charge in [0.1, 0.15) is 5.75 Å². The maximum absolute atomic E-state index is 13.0. The van der Waals surface area contributed by atoms with Crippen LogP contribution in [0, 0.1) is 5.92 Å². The summed E-state index contributed by atoms with van der Waals surface area (Å²) in [6.45, 7) is 4.00. The van der Waals surface area contributed by atoms with Crippen LogP contribution in [0.5, 0.6) is 5.75 Å². The molecule has 5 rings (SSSR count). The standard InChI is InChI=1S/C28H33N5O4/c1-36-24-11-9-22(10-12-24)27-30-25(37-31-27)19-32-13-3-7-23(18-32)28(35)29-16-20-5-2-6-21(15-20)17-33-14-4-8-26(33)34/h2,5-6,9-12,15,23H,3-4,7-8,13-14,16-19H2,1H3,(H,29,35). The van der Waals surface area contributed by atoms with Gasteiger partial charge in [-0.1, -0.05) is 29.4 Å². The largest absolute Gasteiger partial charge is 0.497 e. The van der Waals surface area contributed by atoms with E-state index < -0.39 is 0 Å². The number of amides is 2. The van der Waals surface area contributed by atoms with E-state index in [4.69, 9.17) is 9.26 Å². The van der Waals surface area contributed by atoms with Crippen LogP contribution in [0.25, 0.3) is 11.4 Å². The van der Waals surface area contributed by atoms with Gasteiger partial charge in [-0.25, -0.2) is 0 Å². The SMILES string of the molecule is COc1ccc(-c2noc(CN3CCCC(C(=O)NCc4cccc(CN5CCCC5=O)c4)C3)n2)cc1. The molecular weight excluding hydrogens is 470 g/mol. The molecule has 2 aliphatic heterocycles. The third-order valence-corrected chi connectivity index (χ3v) is 7.05. The fourth-order valence-electron chi connectivity index (χ4n) is 5.04. The maximum atomic E-state index is 13.0. The molecule has 2 aliphatic rings. The van der Waals surface area contributed by atoms with E-state index in [1.54, 1.807) is 7.11 Å². The molecule has 0 saturated carbocycles. The first-order chi connectivity index (χ1) is 18.1. The van der Waals surface area contributed by atoms with Gasteiger partial charge in [0.05, 0.1) is 19.6 Å². The average Bonchev–Trinajstić information content (AvgIpc) is 3.56. The van der Waals surface area contributed by atoms with Crippen molar-refractivity contribution in [1.29, 1.82) is 0 Å². The zero-order valence-electron chi connectivity index (χ0n) is 21.2. The van der Waals surface area contributed by atoms with E-state index >= 15 is 0 Å². The second kappa shape index (κ2) is 11.6. The molecule has 3 aromatic rings. The van der Waals surface area contributed by atoms with Crippen molar-refractivity contribution in [2.45, 2.75) is 45.3 Å². The van der Waals surface area contributed by atoms with E-state index in [-0.39, 0.29) is 17.7 Å². The molecule has 1 N–H and O–H groups in total. The highest BCUT2D eigenvalue weighted by Gasteiger charge is 2.27. The van der Waals surface area contributed by atoms with Crippen LogP contribution in [0.15, 0.2) is 53.1 Å². The van der Waals surface area contributed by atoms with Crippen LogP contribution in [0.4, 0.5) is 0 Å². The summed E-state index contributed by atoms with van der Waals surface area (Å²) in [5.41, 5.74) is 3.00. The molecule has 1 unspecified atom stereocenters. The molecule has 1 aromatic heterocycles. The van der Waals surface area contributed by atoms with Crippen LogP contribution in [0.1, 0.15) is 42.7 Å². The van der Waals surface area contributed by atoms with Gasteiger partial charge in [0.2, 0.25) is 23.5 Å². The fourth-order valence-corrected chi connectivity index (χ4v) is 5.04. The molecule has 37 heavy (non-hydrogen) atoms. The molecule has 9 heteroatoms. The molecule has 2 saturated heterocycles. The van der Waals surface area contributed by atoms with Crippen molar-refractivity contribution in [3.63, 3.8) is 0 Å². The first-order valence-corrected chi connectivity index (χ1v) is 12.9. The predicted molar refractivity (Wildman–Crippen MR) is 137 cm³/mol. The zero-order valence-corrected chi connectivity index (χ0v) is 21.2. The number of nitrogens with zero attached hydrogens (tertiary/aromatic N) is 4. The number of nitrogens with one attached hydrogen (secondary N) is 1. The Balaban J connectivity index is 1.12. The number of carbonyl (C=O) groups excluding carboxylic acids is 2. The number of rotatable bonds is 9. The van der Waals surface area contributed by atoms with Gasteiger partial charge in [0.15, 0.2) is 0 Å². The lowest BCUT2D eigenvalue weighted by molar-refractivity contribution is -0.128. The second-order valence-corrected chi connectivity index (χ2v) is 9.77. The number of piperidine rings is 1. The van der Waals surface area contributed by atoms with Crippen LogP contribution < -0.4 is 10.1 Å². The van der Waals surface area contributed by atoms with Gasteiger partial charge in [0, 0.05) is 38.2 Å². The van der Waals surface area contributed by atoms with Crippen LogP contribution in [-0.2, 0) is 29.2 Å². The maximum Gasteiger partial charge on any atom is 0.241 e. The Morgan fingerprint density at radius 2 is 1.95 bits per heavy atom. The summed E-state index contributed by atoms with van der Waals surface area (Å²) >= 11 is 0. The molecule has 0 radical (unpaired) electrons. The van der Waals surface area contributed by atoms with Gasteiger partial charge in [-0.15, -0.1) is 0 Å². The Morgan fingerprint density at radius 3 is 2.73 bits per heavy atom. The minimum atomic E-state index is -0.0804. The number of methoxy groups -OCH3 is 1. The van der Waals surface area contributed by atoms with Crippen molar-refractivity contribution in [3.8, 4) is 17.1 Å². The number of carbonyl (C=O) groups is 2. The van der Waals surface area contributed by atoms with Crippen molar-refractivity contribution >= 4 is 11.8 Å². The van der Waals surface area contributed by atoms with Crippen LogP contribution in [0.3, 0.4) is 0 Å². The third-order valence-electron chi connectivity index (χ3n) is 7.05. The van der Waals surface area contributed by atoms with E-state index in [0.717, 1.165) is 54.8 Å². The molecule has 194 valence electrons. The monoisotopic (exact) mass is 503 g/mol. The minimum Gasteiger partial charge on any atom is -0.497 e. The number of hydrogen-bond donors (Lipinski definition) is 1. The number of hydrogen-bond acceptors (Lipinski definition) is 7. The summed E-state index contributed by atoms with van der Waals surface area (Å²) in [5, 5.41) is 7.22. The Kier molecular flexibility index (Phi) is 7.79. The van der Waals surface area contributed by atoms with Crippen LogP contribution in [0.2, 0.25) is 0 Å². The molecule has 0 aliphatic carbocycles. The van der Waals surface area contributed by atoms with Gasteiger partial charge in [0.25, 0.3) is 0 Å². The van der Waals surface area contributed by atoms with Gasteiger partial charge in [-0.2, -0.15) is 4.98 Å². The van der Waals surface area contributed by atoms with E-state index in [0.29, 0.717) is 44.3 Å². The summed E-state index contributed by atoms with van der Waals surface area (Å²) in [6.07, 6.45) is 3.38. The lowest BCUT2D eigenvalue weighted by Gasteiger charge is -2.30. The van der Waals surface area contributed by atoms with Gasteiger partial charge in [-0.3, -0.25) is 14.5 Å². The Labute approximate surface area is 216 Å². The van der Waals surface area contributed by atoms with E-state index in [9.17, 15) is 9.59 Å². The molecule has 9 nitrogen and oxygen atoms in total. The second-order valence-electron chi connectivity index (χ2n) is 9.77. The quantitative estimate of drug-likeness (QED) is 0.478. The van der Waals surface area contributed by atoms with Gasteiger partial charge >= 0.3 is 0 Å². The Hall–Kier alpha value is -3.72. The third kappa shape index (κ3) is 6.35. The first-order valence-electron chi connectivity index (χ1n) is 12.9.